The maximum Gasteiger partial charge on any atom is -0.00152 e. The van der Waals surface area contributed by atoms with Gasteiger partial charge < -0.3 is 5.32 Å². The van der Waals surface area contributed by atoms with E-state index >= 15 is 0 Å². The molecule has 0 aliphatic heterocycles. The smallest absolute Gasteiger partial charge is 0.00152 e. The van der Waals surface area contributed by atoms with Crippen molar-refractivity contribution in [3.63, 3.8) is 0 Å². The predicted octanol–water partition coefficient (Wildman–Crippen LogP) is 3.57. The zero-order valence-corrected chi connectivity index (χ0v) is 12.1. The first-order valence-electron chi connectivity index (χ1n) is 6.48. The highest BCUT2D eigenvalue weighted by atomic mass is 32.2. The zero-order chi connectivity index (χ0) is 12.0. The summed E-state index contributed by atoms with van der Waals surface area (Å²) < 4.78 is 0. The van der Waals surface area contributed by atoms with Crippen molar-refractivity contribution in [1.82, 2.24) is 5.32 Å². The molecule has 0 aromatic heterocycles. The lowest BCUT2D eigenvalue weighted by Crippen LogP contribution is -2.30. The molecule has 0 heterocycles. The second kappa shape index (κ2) is 7.39. The van der Waals surface area contributed by atoms with Gasteiger partial charge in [-0.05, 0) is 62.6 Å². The van der Waals surface area contributed by atoms with Crippen LogP contribution in [0.2, 0.25) is 0 Å². The molecule has 1 aliphatic carbocycles. The third-order valence-corrected chi connectivity index (χ3v) is 4.16. The number of allylic oxidation sites excluding steroid dienone is 2. The summed E-state index contributed by atoms with van der Waals surface area (Å²) in [5.74, 6) is 3.71. The minimum atomic E-state index is 0.782. The van der Waals surface area contributed by atoms with E-state index in [0.717, 1.165) is 17.8 Å². The second-order valence-electron chi connectivity index (χ2n) is 5.51. The highest BCUT2D eigenvalue weighted by Gasteiger charge is 2.17. The molecule has 1 aliphatic rings. The summed E-state index contributed by atoms with van der Waals surface area (Å²) in [4.78, 5) is 0. The number of hydrogen-bond acceptors (Lipinski definition) is 2. The van der Waals surface area contributed by atoms with Gasteiger partial charge in [-0.3, -0.25) is 0 Å². The minimum absolute atomic E-state index is 0.782. The molecule has 3 unspecified atom stereocenters. The van der Waals surface area contributed by atoms with Crippen molar-refractivity contribution in [2.24, 2.45) is 17.8 Å². The maximum atomic E-state index is 3.64. The van der Waals surface area contributed by atoms with Crippen LogP contribution in [0.1, 0.15) is 33.6 Å². The van der Waals surface area contributed by atoms with Gasteiger partial charge in [-0.2, -0.15) is 11.8 Å². The Balaban J connectivity index is 2.16. The first-order valence-corrected chi connectivity index (χ1v) is 7.88. The van der Waals surface area contributed by atoms with Crippen LogP contribution in [0.25, 0.3) is 0 Å². The van der Waals surface area contributed by atoms with Crippen LogP contribution >= 0.6 is 11.8 Å². The Bertz CT molecular complexity index is 225. The summed E-state index contributed by atoms with van der Waals surface area (Å²) in [7, 11) is 0. The number of hydrogen-bond donors (Lipinski definition) is 1. The Morgan fingerprint density at radius 3 is 2.94 bits per heavy atom. The first kappa shape index (κ1) is 14.1. The third kappa shape index (κ3) is 5.40. The average molecular weight is 241 g/mol. The fraction of sp³-hybridized carbons (Fsp3) is 0.857. The van der Waals surface area contributed by atoms with Crippen LogP contribution in [-0.2, 0) is 0 Å². The second-order valence-corrected chi connectivity index (χ2v) is 6.43. The summed E-state index contributed by atoms with van der Waals surface area (Å²) in [6.07, 6.45) is 7.29. The Morgan fingerprint density at radius 2 is 2.31 bits per heavy atom. The molecule has 0 spiro atoms. The number of rotatable bonds is 6. The SMILES string of the molecule is CSCC(C)CNCC1CC(C)=CC(C)C1. The highest BCUT2D eigenvalue weighted by molar-refractivity contribution is 7.98. The van der Waals surface area contributed by atoms with Crippen molar-refractivity contribution in [3.8, 4) is 0 Å². The Hall–Kier alpha value is 0.0500. The fourth-order valence-corrected chi connectivity index (χ4v) is 3.41. The maximum absolute atomic E-state index is 3.64. The molecule has 0 saturated carbocycles. The average Bonchev–Trinajstić information content (AvgIpc) is 2.16. The minimum Gasteiger partial charge on any atom is -0.316 e. The molecular formula is C14H27NS. The largest absolute Gasteiger partial charge is 0.316 e. The summed E-state index contributed by atoms with van der Waals surface area (Å²) in [6.45, 7) is 9.33. The topological polar surface area (TPSA) is 12.0 Å². The van der Waals surface area contributed by atoms with Crippen molar-refractivity contribution >= 4 is 11.8 Å². The quantitative estimate of drug-likeness (QED) is 0.714. The first-order chi connectivity index (χ1) is 7.61. The Labute approximate surface area is 105 Å². The van der Waals surface area contributed by atoms with E-state index in [0.29, 0.717) is 0 Å². The van der Waals surface area contributed by atoms with E-state index in [4.69, 9.17) is 0 Å². The molecule has 94 valence electrons. The lowest BCUT2D eigenvalue weighted by molar-refractivity contribution is 0.373. The standard InChI is InChI=1S/C14H27NS/c1-11-5-12(2)7-14(6-11)9-15-8-13(3)10-16-4/h5,11,13-15H,6-10H2,1-4H3. The van der Waals surface area contributed by atoms with Gasteiger partial charge in [0.05, 0.1) is 0 Å². The van der Waals surface area contributed by atoms with Crippen molar-refractivity contribution in [3.05, 3.63) is 11.6 Å². The van der Waals surface area contributed by atoms with Gasteiger partial charge in [-0.25, -0.2) is 0 Å². The summed E-state index contributed by atoms with van der Waals surface area (Å²) >= 11 is 1.95. The molecule has 2 heteroatoms. The molecule has 0 radical (unpaired) electrons. The molecule has 0 bridgehead atoms. The van der Waals surface area contributed by atoms with E-state index in [-0.39, 0.29) is 0 Å². The fourth-order valence-electron chi connectivity index (χ4n) is 2.72. The molecule has 16 heavy (non-hydrogen) atoms. The predicted molar refractivity (Wildman–Crippen MR) is 76.1 cm³/mol. The van der Waals surface area contributed by atoms with E-state index in [1.54, 1.807) is 5.57 Å². The normalized spacial score (nSPS) is 27.6. The molecule has 0 aromatic rings. The molecular weight excluding hydrogens is 214 g/mol. The van der Waals surface area contributed by atoms with Gasteiger partial charge in [0.25, 0.3) is 0 Å². The zero-order valence-electron chi connectivity index (χ0n) is 11.3. The van der Waals surface area contributed by atoms with E-state index < -0.39 is 0 Å². The Morgan fingerprint density at radius 1 is 1.56 bits per heavy atom. The Kier molecular flexibility index (Phi) is 6.52. The van der Waals surface area contributed by atoms with Crippen LogP contribution < -0.4 is 5.32 Å². The molecule has 0 aromatic carbocycles. The van der Waals surface area contributed by atoms with E-state index in [1.807, 2.05) is 11.8 Å². The van der Waals surface area contributed by atoms with Crippen LogP contribution in [0.15, 0.2) is 11.6 Å². The van der Waals surface area contributed by atoms with Gasteiger partial charge >= 0.3 is 0 Å². The monoisotopic (exact) mass is 241 g/mol. The molecule has 0 amide bonds. The number of thioether (sulfide) groups is 1. The van der Waals surface area contributed by atoms with Crippen LogP contribution in [-0.4, -0.2) is 25.1 Å². The highest BCUT2D eigenvalue weighted by Crippen LogP contribution is 2.27. The van der Waals surface area contributed by atoms with Gasteiger partial charge in [-0.1, -0.05) is 25.5 Å². The lowest BCUT2D eigenvalue weighted by atomic mass is 9.84. The summed E-state index contributed by atoms with van der Waals surface area (Å²) in [6, 6.07) is 0. The molecule has 3 atom stereocenters. The van der Waals surface area contributed by atoms with Gasteiger partial charge in [0.15, 0.2) is 0 Å². The molecule has 1 nitrogen and oxygen atoms in total. The van der Waals surface area contributed by atoms with Crippen molar-refractivity contribution < 1.29 is 0 Å². The molecule has 0 saturated heterocycles. The summed E-state index contributed by atoms with van der Waals surface area (Å²) in [5, 5.41) is 3.64. The van der Waals surface area contributed by atoms with Crippen LogP contribution in [0.3, 0.4) is 0 Å². The van der Waals surface area contributed by atoms with Crippen LogP contribution in [0.5, 0.6) is 0 Å². The van der Waals surface area contributed by atoms with Crippen LogP contribution in [0, 0.1) is 17.8 Å². The van der Waals surface area contributed by atoms with Gasteiger partial charge in [-0.15, -0.1) is 0 Å². The molecule has 0 fully saturated rings. The van der Waals surface area contributed by atoms with E-state index in [9.17, 15) is 0 Å². The summed E-state index contributed by atoms with van der Waals surface area (Å²) in [5.41, 5.74) is 1.59. The molecule has 1 N–H and O–H groups in total. The molecule has 1 rings (SSSR count). The van der Waals surface area contributed by atoms with Crippen molar-refractivity contribution in [1.29, 1.82) is 0 Å². The van der Waals surface area contributed by atoms with Crippen LogP contribution in [0.4, 0.5) is 0 Å². The number of nitrogens with one attached hydrogen (secondary N) is 1. The third-order valence-electron chi connectivity index (χ3n) is 3.26. The van der Waals surface area contributed by atoms with Crippen molar-refractivity contribution in [2.75, 3.05) is 25.1 Å². The van der Waals surface area contributed by atoms with E-state index in [2.05, 4.69) is 38.4 Å². The van der Waals surface area contributed by atoms with Gasteiger partial charge in [0, 0.05) is 0 Å². The van der Waals surface area contributed by atoms with Gasteiger partial charge in [0.2, 0.25) is 0 Å². The van der Waals surface area contributed by atoms with Gasteiger partial charge in [0.1, 0.15) is 0 Å². The lowest BCUT2D eigenvalue weighted by Gasteiger charge is -2.26. The van der Waals surface area contributed by atoms with Crippen molar-refractivity contribution in [2.45, 2.75) is 33.6 Å². The van der Waals surface area contributed by atoms with E-state index in [1.165, 1.54) is 31.7 Å².